The van der Waals surface area contributed by atoms with Crippen molar-refractivity contribution in [1.82, 2.24) is 14.9 Å². The number of thiol groups is 1. The molecule has 0 aliphatic heterocycles. The Morgan fingerprint density at radius 2 is 1.91 bits per heavy atom. The second-order valence-corrected chi connectivity index (χ2v) is 10.9. The van der Waals surface area contributed by atoms with E-state index in [4.69, 9.17) is 0 Å². The van der Waals surface area contributed by atoms with Gasteiger partial charge in [-0.1, -0.05) is 19.9 Å². The molecule has 0 atom stereocenters. The summed E-state index contributed by atoms with van der Waals surface area (Å²) >= 11 is 0. The SMILES string of the molecule is Cc1c(-c2[nH]c3ccc(C4CC(NCCC[SH](=O)=O)C4)cc3c2C(C)C)cn(C)c(=O)c1C. The molecule has 178 valence electrons. The lowest BCUT2D eigenvalue weighted by Crippen LogP contribution is -2.40. The van der Waals surface area contributed by atoms with Crippen LogP contribution in [0.1, 0.15) is 67.2 Å². The van der Waals surface area contributed by atoms with Crippen LogP contribution in [0.2, 0.25) is 0 Å². The molecule has 7 heteroatoms. The first-order valence-corrected chi connectivity index (χ1v) is 13.2. The van der Waals surface area contributed by atoms with Gasteiger partial charge in [-0.25, -0.2) is 8.42 Å². The number of aryl methyl sites for hydroxylation is 1. The minimum absolute atomic E-state index is 0.0516. The molecule has 0 bridgehead atoms. The molecule has 1 fully saturated rings. The summed E-state index contributed by atoms with van der Waals surface area (Å²) in [6.07, 6.45) is 4.80. The average Bonchev–Trinajstić information content (AvgIpc) is 3.11. The fourth-order valence-corrected chi connectivity index (χ4v) is 5.51. The number of pyridine rings is 1. The molecule has 0 amide bonds. The van der Waals surface area contributed by atoms with E-state index in [1.807, 2.05) is 27.1 Å². The summed E-state index contributed by atoms with van der Waals surface area (Å²) < 4.78 is 23.1. The first-order valence-electron chi connectivity index (χ1n) is 11.8. The van der Waals surface area contributed by atoms with Crippen LogP contribution < -0.4 is 10.9 Å². The molecule has 0 spiro atoms. The Morgan fingerprint density at radius 1 is 1.18 bits per heavy atom. The van der Waals surface area contributed by atoms with Crippen LogP contribution in [-0.4, -0.2) is 36.3 Å². The van der Waals surface area contributed by atoms with E-state index in [2.05, 4.69) is 42.3 Å². The number of H-pyrrole nitrogens is 1. The summed E-state index contributed by atoms with van der Waals surface area (Å²) in [5, 5.41) is 4.75. The maximum absolute atomic E-state index is 12.4. The molecule has 2 heterocycles. The highest BCUT2D eigenvalue weighted by molar-refractivity contribution is 7.72. The molecule has 4 rings (SSSR count). The monoisotopic (exact) mass is 469 g/mol. The topological polar surface area (TPSA) is 84.0 Å². The van der Waals surface area contributed by atoms with Crippen LogP contribution in [0.3, 0.4) is 0 Å². The number of rotatable bonds is 8. The summed E-state index contributed by atoms with van der Waals surface area (Å²) in [6, 6.07) is 7.24. The lowest BCUT2D eigenvalue weighted by molar-refractivity contribution is 0.292. The van der Waals surface area contributed by atoms with Gasteiger partial charge in [-0.15, -0.1) is 0 Å². The lowest BCUT2D eigenvalue weighted by atomic mass is 9.75. The second kappa shape index (κ2) is 9.47. The number of hydrogen-bond acceptors (Lipinski definition) is 4. The minimum Gasteiger partial charge on any atom is -0.354 e. The highest BCUT2D eigenvalue weighted by Gasteiger charge is 2.30. The van der Waals surface area contributed by atoms with E-state index in [9.17, 15) is 13.2 Å². The van der Waals surface area contributed by atoms with Crippen molar-refractivity contribution in [1.29, 1.82) is 0 Å². The molecule has 6 nitrogen and oxygen atoms in total. The van der Waals surface area contributed by atoms with Crippen LogP contribution in [0.25, 0.3) is 22.2 Å². The van der Waals surface area contributed by atoms with Crippen molar-refractivity contribution < 1.29 is 8.42 Å². The van der Waals surface area contributed by atoms with Gasteiger partial charge in [-0.2, -0.15) is 0 Å². The van der Waals surface area contributed by atoms with E-state index in [-0.39, 0.29) is 11.3 Å². The Kier molecular flexibility index (Phi) is 6.82. The predicted molar refractivity (Wildman–Crippen MR) is 136 cm³/mol. The first-order chi connectivity index (χ1) is 15.7. The number of benzene rings is 1. The third kappa shape index (κ3) is 4.66. The molecule has 0 radical (unpaired) electrons. The van der Waals surface area contributed by atoms with Crippen molar-refractivity contribution in [3.8, 4) is 11.3 Å². The summed E-state index contributed by atoms with van der Waals surface area (Å²) in [4.78, 5) is 16.0. The van der Waals surface area contributed by atoms with Crippen LogP contribution in [0.5, 0.6) is 0 Å². The zero-order chi connectivity index (χ0) is 23.9. The highest BCUT2D eigenvalue weighted by atomic mass is 32.2. The average molecular weight is 470 g/mol. The van der Waals surface area contributed by atoms with Gasteiger partial charge >= 0.3 is 0 Å². The normalized spacial score (nSPS) is 18.4. The fourth-order valence-electron chi connectivity index (χ4n) is 5.10. The minimum atomic E-state index is -2.27. The summed E-state index contributed by atoms with van der Waals surface area (Å²) in [6.45, 7) is 9.14. The first kappa shape index (κ1) is 23.8. The summed E-state index contributed by atoms with van der Waals surface area (Å²) in [5.74, 6) is 1.13. The van der Waals surface area contributed by atoms with Crippen molar-refractivity contribution >= 4 is 21.6 Å². The van der Waals surface area contributed by atoms with E-state index in [0.29, 0.717) is 24.3 Å². The van der Waals surface area contributed by atoms with Gasteiger partial charge in [0, 0.05) is 47.1 Å². The largest absolute Gasteiger partial charge is 0.354 e. The molecule has 1 aliphatic rings. The van der Waals surface area contributed by atoms with Gasteiger partial charge in [-0.05, 0) is 80.3 Å². The standard InChI is InChI=1S/C26H35N3O3S/c1-15(2)24-21-13-18(19-11-20(12-19)27-9-6-10-33(31)32)7-8-23(21)28-25(24)22-14-29(5)26(30)17(4)16(22)3/h7-8,13-15,19-20,27-28,33H,6,9-12H2,1-5H3. The van der Waals surface area contributed by atoms with Crippen molar-refractivity contribution in [2.75, 3.05) is 12.3 Å². The van der Waals surface area contributed by atoms with E-state index in [1.165, 1.54) is 16.5 Å². The number of nitrogens with zero attached hydrogens (tertiary/aromatic N) is 1. The Morgan fingerprint density at radius 3 is 2.58 bits per heavy atom. The van der Waals surface area contributed by atoms with Crippen LogP contribution in [0.4, 0.5) is 0 Å². The van der Waals surface area contributed by atoms with Crippen LogP contribution in [0, 0.1) is 13.8 Å². The molecular formula is C26H35N3O3S. The van der Waals surface area contributed by atoms with Gasteiger partial charge in [-0.3, -0.25) is 4.79 Å². The third-order valence-electron chi connectivity index (χ3n) is 7.20. The molecule has 1 aromatic carbocycles. The van der Waals surface area contributed by atoms with Crippen molar-refractivity contribution in [3.63, 3.8) is 0 Å². The number of hydrogen-bond donors (Lipinski definition) is 3. The highest BCUT2D eigenvalue weighted by Crippen LogP contribution is 2.41. The van der Waals surface area contributed by atoms with E-state index in [1.54, 1.807) is 4.57 Å². The van der Waals surface area contributed by atoms with Gasteiger partial charge in [0.2, 0.25) is 0 Å². The van der Waals surface area contributed by atoms with E-state index >= 15 is 0 Å². The van der Waals surface area contributed by atoms with Gasteiger partial charge in [0.25, 0.3) is 5.56 Å². The Balaban J connectivity index is 1.61. The van der Waals surface area contributed by atoms with Crippen LogP contribution in [-0.2, 0) is 17.8 Å². The van der Waals surface area contributed by atoms with Gasteiger partial charge in [0.1, 0.15) is 10.7 Å². The van der Waals surface area contributed by atoms with Crippen molar-refractivity contribution in [2.45, 2.75) is 64.8 Å². The smallest absolute Gasteiger partial charge is 0.253 e. The number of aromatic nitrogens is 2. The summed E-state index contributed by atoms with van der Waals surface area (Å²) in [5.41, 5.74) is 7.86. The summed E-state index contributed by atoms with van der Waals surface area (Å²) in [7, 11) is -0.455. The zero-order valence-corrected chi connectivity index (χ0v) is 21.1. The third-order valence-corrected chi connectivity index (χ3v) is 7.88. The van der Waals surface area contributed by atoms with Gasteiger partial charge < -0.3 is 14.9 Å². The molecule has 2 aromatic heterocycles. The maximum atomic E-state index is 12.4. The second-order valence-electron chi connectivity index (χ2n) is 9.81. The van der Waals surface area contributed by atoms with Crippen molar-refractivity contribution in [3.05, 3.63) is 57.0 Å². The number of aromatic amines is 1. The molecule has 0 unspecified atom stereocenters. The quantitative estimate of drug-likeness (QED) is 0.342. The fraction of sp³-hybridized carbons (Fsp3) is 0.500. The Labute approximate surface area is 197 Å². The van der Waals surface area contributed by atoms with Crippen LogP contribution >= 0.6 is 0 Å². The van der Waals surface area contributed by atoms with Crippen molar-refractivity contribution in [2.24, 2.45) is 7.05 Å². The molecule has 1 aliphatic carbocycles. The Bertz CT molecular complexity index is 1300. The predicted octanol–water partition coefficient (Wildman–Crippen LogP) is 4.11. The van der Waals surface area contributed by atoms with Crippen LogP contribution in [0.15, 0.2) is 29.2 Å². The molecular weight excluding hydrogens is 434 g/mol. The zero-order valence-electron chi connectivity index (χ0n) is 20.2. The maximum Gasteiger partial charge on any atom is 0.253 e. The number of nitrogens with one attached hydrogen (secondary N) is 2. The molecule has 3 aromatic rings. The van der Waals surface area contributed by atoms with E-state index in [0.717, 1.165) is 47.3 Å². The van der Waals surface area contributed by atoms with Gasteiger partial charge in [0.05, 0.1) is 5.69 Å². The molecule has 1 saturated carbocycles. The molecule has 2 N–H and O–H groups in total. The lowest BCUT2D eigenvalue weighted by Gasteiger charge is -2.36. The van der Waals surface area contributed by atoms with E-state index < -0.39 is 10.7 Å². The van der Waals surface area contributed by atoms with Gasteiger partial charge in [0.15, 0.2) is 0 Å². The number of fused-ring (bicyclic) bond motifs is 1. The molecule has 33 heavy (non-hydrogen) atoms. The Hall–Kier alpha value is -2.38. The molecule has 0 saturated heterocycles.